The summed E-state index contributed by atoms with van der Waals surface area (Å²) in [6.07, 6.45) is 0.899. The minimum atomic E-state index is -0.701. The number of rotatable bonds is 6. The lowest BCUT2D eigenvalue weighted by Crippen LogP contribution is -2.47. The van der Waals surface area contributed by atoms with Crippen LogP contribution in [0.4, 0.5) is 9.18 Å². The first kappa shape index (κ1) is 23.9. The fourth-order valence-electron chi connectivity index (χ4n) is 3.56. The van der Waals surface area contributed by atoms with E-state index in [4.69, 9.17) is 4.74 Å². The van der Waals surface area contributed by atoms with Gasteiger partial charge in [0.2, 0.25) is 5.91 Å². The van der Waals surface area contributed by atoms with E-state index in [0.29, 0.717) is 49.6 Å². The summed E-state index contributed by atoms with van der Waals surface area (Å²) >= 11 is 1.19. The van der Waals surface area contributed by atoms with E-state index in [1.807, 2.05) is 0 Å². The quantitative estimate of drug-likeness (QED) is 0.700. The molecule has 3 amide bonds. The van der Waals surface area contributed by atoms with Crippen LogP contribution in [0.1, 0.15) is 38.7 Å². The number of amidine groups is 1. The zero-order valence-electron chi connectivity index (χ0n) is 18.2. The standard InChI is InChI=1S/C22H27FN4O4S/c1-3-31-22(30)27-10-8-16(9-11-27)25-19(28)12-17-14(2)24-21(26-20(17)29)32-13-15-6-4-5-7-18(15)23/h4-7,16-17H,3,8-13H2,1-2H3,(H,25,28). The summed E-state index contributed by atoms with van der Waals surface area (Å²) in [6, 6.07) is 6.37. The average Bonchev–Trinajstić information content (AvgIpc) is 2.76. The Morgan fingerprint density at radius 2 is 1.97 bits per heavy atom. The molecule has 32 heavy (non-hydrogen) atoms. The molecular weight excluding hydrogens is 435 g/mol. The molecule has 3 rings (SSSR count). The van der Waals surface area contributed by atoms with Crippen molar-refractivity contribution in [3.8, 4) is 0 Å². The van der Waals surface area contributed by atoms with Crippen LogP contribution in [0, 0.1) is 11.7 Å². The topological polar surface area (TPSA) is 100 Å². The first-order chi connectivity index (χ1) is 15.4. The number of thioether (sulfide) groups is 1. The Morgan fingerprint density at radius 3 is 2.62 bits per heavy atom. The number of ether oxygens (including phenoxy) is 1. The molecule has 2 heterocycles. The minimum Gasteiger partial charge on any atom is -0.450 e. The SMILES string of the molecule is CCOC(=O)N1CCC(NC(=O)CC2C(=O)N=C(SCc3ccccc3F)N=C2C)CC1. The molecule has 10 heteroatoms. The molecule has 0 spiro atoms. The predicted molar refractivity (Wildman–Crippen MR) is 121 cm³/mol. The molecule has 0 saturated carbocycles. The molecule has 1 atom stereocenters. The van der Waals surface area contributed by atoms with Crippen molar-refractivity contribution in [2.75, 3.05) is 19.7 Å². The fraction of sp³-hybridized carbons (Fsp3) is 0.500. The van der Waals surface area contributed by atoms with Crippen molar-refractivity contribution in [1.29, 1.82) is 0 Å². The molecule has 2 aliphatic rings. The predicted octanol–water partition coefficient (Wildman–Crippen LogP) is 3.16. The number of nitrogens with one attached hydrogen (secondary N) is 1. The number of carbonyl (C=O) groups excluding carboxylic acids is 3. The molecule has 172 valence electrons. The molecule has 1 aromatic carbocycles. The maximum Gasteiger partial charge on any atom is 0.409 e. The number of hydrogen-bond acceptors (Lipinski definition) is 6. The highest BCUT2D eigenvalue weighted by Gasteiger charge is 2.30. The van der Waals surface area contributed by atoms with E-state index in [9.17, 15) is 18.8 Å². The van der Waals surface area contributed by atoms with Gasteiger partial charge < -0.3 is 15.0 Å². The summed E-state index contributed by atoms with van der Waals surface area (Å²) in [6.45, 7) is 4.82. The van der Waals surface area contributed by atoms with E-state index in [0.717, 1.165) is 0 Å². The van der Waals surface area contributed by atoms with Crippen molar-refractivity contribution < 1.29 is 23.5 Å². The molecule has 8 nitrogen and oxygen atoms in total. The summed E-state index contributed by atoms with van der Waals surface area (Å²) in [5.74, 6) is -1.37. The van der Waals surface area contributed by atoms with Gasteiger partial charge in [0, 0.05) is 37.0 Å². The lowest BCUT2D eigenvalue weighted by molar-refractivity contribution is -0.127. The van der Waals surface area contributed by atoms with E-state index < -0.39 is 11.8 Å². The van der Waals surface area contributed by atoms with Gasteiger partial charge in [-0.15, -0.1) is 0 Å². The van der Waals surface area contributed by atoms with Gasteiger partial charge in [0.25, 0.3) is 5.91 Å². The second-order valence-corrected chi connectivity index (χ2v) is 8.59. The molecule has 2 aliphatic heterocycles. The Morgan fingerprint density at radius 1 is 1.25 bits per heavy atom. The Bertz CT molecular complexity index is 928. The van der Waals surface area contributed by atoms with Crippen LogP contribution < -0.4 is 5.32 Å². The van der Waals surface area contributed by atoms with Crippen molar-refractivity contribution in [1.82, 2.24) is 10.2 Å². The summed E-state index contributed by atoms with van der Waals surface area (Å²) in [4.78, 5) is 46.8. The lowest BCUT2D eigenvalue weighted by Gasteiger charge is -2.31. The van der Waals surface area contributed by atoms with E-state index in [-0.39, 0.29) is 35.4 Å². The monoisotopic (exact) mass is 462 g/mol. The number of amides is 3. The minimum absolute atomic E-state index is 0.0268. The molecule has 1 saturated heterocycles. The van der Waals surface area contributed by atoms with Crippen LogP contribution in [0.3, 0.4) is 0 Å². The summed E-state index contributed by atoms with van der Waals surface area (Å²) < 4.78 is 18.8. The summed E-state index contributed by atoms with van der Waals surface area (Å²) in [7, 11) is 0. The number of benzene rings is 1. The maximum absolute atomic E-state index is 13.8. The van der Waals surface area contributed by atoms with Gasteiger partial charge in [-0.3, -0.25) is 9.59 Å². The second kappa shape index (κ2) is 11.2. The highest BCUT2D eigenvalue weighted by molar-refractivity contribution is 8.13. The Hall–Kier alpha value is -2.75. The van der Waals surface area contributed by atoms with Gasteiger partial charge >= 0.3 is 6.09 Å². The zero-order valence-corrected chi connectivity index (χ0v) is 19.0. The van der Waals surface area contributed by atoms with E-state index in [2.05, 4.69) is 15.3 Å². The lowest BCUT2D eigenvalue weighted by atomic mass is 9.97. The number of hydrogen-bond donors (Lipinski definition) is 1. The molecule has 0 radical (unpaired) electrons. The smallest absolute Gasteiger partial charge is 0.409 e. The molecule has 1 unspecified atom stereocenters. The highest BCUT2D eigenvalue weighted by atomic mass is 32.2. The van der Waals surface area contributed by atoms with Crippen molar-refractivity contribution in [2.45, 2.75) is 44.9 Å². The third-order valence-corrected chi connectivity index (χ3v) is 6.27. The van der Waals surface area contributed by atoms with E-state index >= 15 is 0 Å². The molecular formula is C22H27FN4O4S. The van der Waals surface area contributed by atoms with Crippen LogP contribution in [0.2, 0.25) is 0 Å². The third kappa shape index (κ3) is 6.38. The highest BCUT2D eigenvalue weighted by Crippen LogP contribution is 2.23. The first-order valence-electron chi connectivity index (χ1n) is 10.6. The molecule has 0 bridgehead atoms. The van der Waals surface area contributed by atoms with Gasteiger partial charge in [0.05, 0.1) is 12.5 Å². The number of carbonyl (C=O) groups is 3. The van der Waals surface area contributed by atoms with Crippen LogP contribution in [-0.4, -0.2) is 59.4 Å². The van der Waals surface area contributed by atoms with Crippen molar-refractivity contribution in [3.05, 3.63) is 35.6 Å². The Kier molecular flexibility index (Phi) is 8.38. The number of piperidine rings is 1. The van der Waals surface area contributed by atoms with Crippen LogP contribution in [0.15, 0.2) is 34.3 Å². The van der Waals surface area contributed by atoms with Crippen LogP contribution in [0.25, 0.3) is 0 Å². The van der Waals surface area contributed by atoms with Crippen molar-refractivity contribution >= 4 is 40.5 Å². The second-order valence-electron chi connectivity index (χ2n) is 7.65. The van der Waals surface area contributed by atoms with Gasteiger partial charge in [-0.25, -0.2) is 14.2 Å². The van der Waals surface area contributed by atoms with Crippen LogP contribution >= 0.6 is 11.8 Å². The molecule has 1 N–H and O–H groups in total. The third-order valence-electron chi connectivity index (χ3n) is 5.37. The molecule has 0 aliphatic carbocycles. The van der Waals surface area contributed by atoms with Crippen LogP contribution in [-0.2, 0) is 20.1 Å². The molecule has 0 aromatic heterocycles. The molecule has 1 aromatic rings. The maximum atomic E-state index is 13.8. The summed E-state index contributed by atoms with van der Waals surface area (Å²) in [5, 5.41) is 3.22. The van der Waals surface area contributed by atoms with Gasteiger partial charge in [-0.05, 0) is 38.3 Å². The van der Waals surface area contributed by atoms with Crippen molar-refractivity contribution in [3.63, 3.8) is 0 Å². The first-order valence-corrected chi connectivity index (χ1v) is 11.6. The number of aliphatic imine (C=N–C) groups is 2. The summed E-state index contributed by atoms with van der Waals surface area (Å²) in [5.41, 5.74) is 1.03. The van der Waals surface area contributed by atoms with Gasteiger partial charge in [-0.2, -0.15) is 4.99 Å². The van der Waals surface area contributed by atoms with E-state index in [1.165, 1.54) is 17.8 Å². The largest absolute Gasteiger partial charge is 0.450 e. The number of likely N-dealkylation sites (tertiary alicyclic amines) is 1. The Labute approximate surface area is 190 Å². The Balaban J connectivity index is 1.47. The number of nitrogens with zero attached hydrogens (tertiary/aromatic N) is 3. The number of halogens is 1. The van der Waals surface area contributed by atoms with Gasteiger partial charge in [-0.1, -0.05) is 30.0 Å². The van der Waals surface area contributed by atoms with Gasteiger partial charge in [0.1, 0.15) is 5.82 Å². The van der Waals surface area contributed by atoms with E-state index in [1.54, 1.807) is 36.9 Å². The van der Waals surface area contributed by atoms with Crippen molar-refractivity contribution in [2.24, 2.45) is 15.9 Å². The normalized spacial score (nSPS) is 19.3. The van der Waals surface area contributed by atoms with Crippen LogP contribution in [0.5, 0.6) is 0 Å². The molecule has 1 fully saturated rings. The fourth-order valence-corrected chi connectivity index (χ4v) is 4.44. The van der Waals surface area contributed by atoms with Gasteiger partial charge in [0.15, 0.2) is 5.17 Å². The average molecular weight is 463 g/mol. The zero-order chi connectivity index (χ0) is 23.1.